The van der Waals surface area contributed by atoms with Crippen molar-refractivity contribution in [3.05, 3.63) is 71.3 Å². The van der Waals surface area contributed by atoms with Gasteiger partial charge in [-0.15, -0.1) is 0 Å². The highest BCUT2D eigenvalue weighted by Crippen LogP contribution is 2.02. The zero-order valence-corrected chi connectivity index (χ0v) is 9.37. The number of hydrogen-bond acceptors (Lipinski definition) is 0. The van der Waals surface area contributed by atoms with E-state index in [2.05, 4.69) is 0 Å². The molecule has 2 heteroatoms. The predicted octanol–water partition coefficient (Wildman–Crippen LogP) is 4.27. The molecule has 84 valence electrons. The van der Waals surface area contributed by atoms with Crippen molar-refractivity contribution in [2.24, 2.45) is 0 Å². The van der Waals surface area contributed by atoms with Crippen molar-refractivity contribution in [2.75, 3.05) is 0 Å². The molecule has 0 saturated carbocycles. The van der Waals surface area contributed by atoms with Crippen molar-refractivity contribution < 1.29 is 8.78 Å². The first kappa shape index (κ1) is 12.4. The third-order valence-corrected chi connectivity index (χ3v) is 2.09. The molecule has 0 radical (unpaired) electrons. The van der Waals surface area contributed by atoms with Crippen molar-refractivity contribution in [3.63, 3.8) is 0 Å². The Morgan fingerprint density at radius 1 is 0.750 bits per heavy atom. The molecule has 16 heavy (non-hydrogen) atoms. The van der Waals surface area contributed by atoms with Crippen LogP contribution in [-0.2, 0) is 0 Å². The molecule has 0 aliphatic rings. The monoisotopic (exact) mass is 220 g/mol. The topological polar surface area (TPSA) is 0 Å². The van der Waals surface area contributed by atoms with E-state index in [4.69, 9.17) is 0 Å². The van der Waals surface area contributed by atoms with Crippen LogP contribution in [0.3, 0.4) is 0 Å². The summed E-state index contributed by atoms with van der Waals surface area (Å²) < 4.78 is 24.4. The van der Waals surface area contributed by atoms with Gasteiger partial charge in [0.25, 0.3) is 0 Å². The second kappa shape index (κ2) is 6.01. The largest absolute Gasteiger partial charge is 0.207 e. The smallest absolute Gasteiger partial charge is 0.126 e. The zero-order chi connectivity index (χ0) is 12.0. The summed E-state index contributed by atoms with van der Waals surface area (Å²) in [6.45, 7) is 3.68. The van der Waals surface area contributed by atoms with Crippen LogP contribution in [0.25, 0.3) is 0 Å². The van der Waals surface area contributed by atoms with E-state index in [-0.39, 0.29) is 11.6 Å². The molecule has 0 bridgehead atoms. The summed E-state index contributed by atoms with van der Waals surface area (Å²) in [5.41, 5.74) is 1.79. The lowest BCUT2D eigenvalue weighted by Gasteiger charge is -1.89. The lowest BCUT2D eigenvalue weighted by atomic mass is 10.2. The van der Waals surface area contributed by atoms with Crippen LogP contribution < -0.4 is 0 Å². The zero-order valence-electron chi connectivity index (χ0n) is 9.37. The van der Waals surface area contributed by atoms with Crippen molar-refractivity contribution in [1.29, 1.82) is 0 Å². The Bertz CT molecular complexity index is 391. The summed E-state index contributed by atoms with van der Waals surface area (Å²) in [7, 11) is 0. The highest BCUT2D eigenvalue weighted by atomic mass is 19.1. The van der Waals surface area contributed by atoms with Gasteiger partial charge in [-0.05, 0) is 37.6 Å². The first-order chi connectivity index (χ1) is 7.59. The van der Waals surface area contributed by atoms with E-state index in [0.29, 0.717) is 5.56 Å². The minimum atomic E-state index is -0.171. The molecule has 2 aromatic carbocycles. The summed E-state index contributed by atoms with van der Waals surface area (Å²) >= 11 is 0. The fourth-order valence-corrected chi connectivity index (χ4v) is 1.08. The Balaban J connectivity index is 0.000000160. The van der Waals surface area contributed by atoms with E-state index in [9.17, 15) is 8.78 Å². The Morgan fingerprint density at radius 3 is 1.69 bits per heavy atom. The van der Waals surface area contributed by atoms with E-state index in [0.717, 1.165) is 5.56 Å². The van der Waals surface area contributed by atoms with Crippen LogP contribution in [0, 0.1) is 25.5 Å². The Hall–Kier alpha value is -1.70. The van der Waals surface area contributed by atoms with Crippen LogP contribution in [0.2, 0.25) is 0 Å². The quantitative estimate of drug-likeness (QED) is 0.622. The molecule has 0 atom stereocenters. The predicted molar refractivity (Wildman–Crippen MR) is 62.3 cm³/mol. The summed E-state index contributed by atoms with van der Waals surface area (Å²) in [6.07, 6.45) is 0. The summed E-state index contributed by atoms with van der Waals surface area (Å²) in [6, 6.07) is 13.1. The molecule has 2 aromatic rings. The molecule has 0 N–H and O–H groups in total. The summed E-state index contributed by atoms with van der Waals surface area (Å²) in [5.74, 6) is -0.303. The molecule has 0 heterocycles. The number of aryl methyl sites for hydroxylation is 2. The molecule has 0 spiro atoms. The Labute approximate surface area is 94.6 Å². The standard InChI is InChI=1S/2C7H7F/c1-6-2-4-7(8)5-3-6;1-6-4-2-3-5-7(6)8/h2*2-5H,1H3. The third kappa shape index (κ3) is 4.22. The second-order valence-corrected chi connectivity index (χ2v) is 3.54. The van der Waals surface area contributed by atoms with Crippen LogP contribution in [0.5, 0.6) is 0 Å². The normalized spacial score (nSPS) is 9.25. The number of hydrogen-bond donors (Lipinski definition) is 0. The number of rotatable bonds is 0. The third-order valence-electron chi connectivity index (χ3n) is 2.09. The Morgan fingerprint density at radius 2 is 1.31 bits per heavy atom. The maximum Gasteiger partial charge on any atom is 0.126 e. The van der Waals surface area contributed by atoms with Crippen molar-refractivity contribution in [3.8, 4) is 0 Å². The lowest BCUT2D eigenvalue weighted by molar-refractivity contribution is 0.618. The van der Waals surface area contributed by atoms with Gasteiger partial charge in [-0.1, -0.05) is 35.9 Å². The van der Waals surface area contributed by atoms with E-state index in [1.54, 1.807) is 31.2 Å². The van der Waals surface area contributed by atoms with Crippen LogP contribution >= 0.6 is 0 Å². The van der Waals surface area contributed by atoms with E-state index < -0.39 is 0 Å². The van der Waals surface area contributed by atoms with Crippen LogP contribution in [-0.4, -0.2) is 0 Å². The van der Waals surface area contributed by atoms with Crippen LogP contribution in [0.15, 0.2) is 48.5 Å². The first-order valence-electron chi connectivity index (χ1n) is 5.03. The number of halogens is 2. The van der Waals surface area contributed by atoms with Gasteiger partial charge in [0.15, 0.2) is 0 Å². The molecular formula is C14H14F2. The molecule has 0 amide bonds. The van der Waals surface area contributed by atoms with Gasteiger partial charge >= 0.3 is 0 Å². The van der Waals surface area contributed by atoms with Gasteiger partial charge < -0.3 is 0 Å². The van der Waals surface area contributed by atoms with Gasteiger partial charge in [-0.3, -0.25) is 0 Å². The van der Waals surface area contributed by atoms with Gasteiger partial charge in [0.05, 0.1) is 0 Å². The second-order valence-electron chi connectivity index (χ2n) is 3.54. The van der Waals surface area contributed by atoms with Crippen molar-refractivity contribution >= 4 is 0 Å². The molecule has 0 aliphatic carbocycles. The highest BCUT2D eigenvalue weighted by Gasteiger charge is 1.88. The maximum absolute atomic E-state index is 12.3. The van der Waals surface area contributed by atoms with Gasteiger partial charge in [0.1, 0.15) is 11.6 Å². The van der Waals surface area contributed by atoms with Gasteiger partial charge in [0, 0.05) is 0 Å². The molecule has 0 saturated heterocycles. The molecule has 0 fully saturated rings. The molecule has 0 aromatic heterocycles. The van der Waals surface area contributed by atoms with E-state index >= 15 is 0 Å². The lowest BCUT2D eigenvalue weighted by Crippen LogP contribution is -1.76. The average molecular weight is 220 g/mol. The average Bonchev–Trinajstić information content (AvgIpc) is 2.28. The van der Waals surface area contributed by atoms with Gasteiger partial charge in [-0.25, -0.2) is 8.78 Å². The highest BCUT2D eigenvalue weighted by molar-refractivity contribution is 5.14. The molecular weight excluding hydrogens is 206 g/mol. The first-order valence-corrected chi connectivity index (χ1v) is 5.03. The number of benzene rings is 2. The minimum Gasteiger partial charge on any atom is -0.207 e. The van der Waals surface area contributed by atoms with Crippen molar-refractivity contribution in [1.82, 2.24) is 0 Å². The maximum atomic E-state index is 12.3. The van der Waals surface area contributed by atoms with E-state index in [1.165, 1.54) is 18.2 Å². The fourth-order valence-electron chi connectivity index (χ4n) is 1.08. The van der Waals surface area contributed by atoms with E-state index in [1.807, 2.05) is 13.0 Å². The summed E-state index contributed by atoms with van der Waals surface area (Å²) in [4.78, 5) is 0. The summed E-state index contributed by atoms with van der Waals surface area (Å²) in [5, 5.41) is 0. The molecule has 0 nitrogen and oxygen atoms in total. The Kier molecular flexibility index (Phi) is 4.65. The van der Waals surface area contributed by atoms with Crippen LogP contribution in [0.1, 0.15) is 11.1 Å². The molecule has 0 aliphatic heterocycles. The molecule has 2 rings (SSSR count). The fraction of sp³-hybridized carbons (Fsp3) is 0.143. The minimum absolute atomic E-state index is 0.132. The van der Waals surface area contributed by atoms with Gasteiger partial charge in [-0.2, -0.15) is 0 Å². The SMILES string of the molecule is Cc1ccc(F)cc1.Cc1ccccc1F. The molecule has 0 unspecified atom stereocenters. The van der Waals surface area contributed by atoms with Crippen molar-refractivity contribution in [2.45, 2.75) is 13.8 Å². The van der Waals surface area contributed by atoms with Gasteiger partial charge in [0.2, 0.25) is 0 Å². The van der Waals surface area contributed by atoms with Crippen LogP contribution in [0.4, 0.5) is 8.78 Å².